The Kier molecular flexibility index (Phi) is 5.13. The summed E-state index contributed by atoms with van der Waals surface area (Å²) in [6.45, 7) is 5.83. The summed E-state index contributed by atoms with van der Waals surface area (Å²) in [5, 5.41) is 0. The number of anilines is 1. The molecular formula is C17H19ClN6O2S2. The van der Waals surface area contributed by atoms with E-state index in [1.165, 1.54) is 10.6 Å². The molecule has 1 aliphatic heterocycles. The molecule has 0 bridgehead atoms. The number of imidazole rings is 1. The van der Waals surface area contributed by atoms with Crippen LogP contribution in [0.5, 0.6) is 0 Å². The Morgan fingerprint density at radius 2 is 1.75 bits per heavy atom. The molecule has 148 valence electrons. The third-order valence-corrected chi connectivity index (χ3v) is 8.44. The molecule has 11 heteroatoms. The highest BCUT2D eigenvalue weighted by Crippen LogP contribution is 2.29. The summed E-state index contributed by atoms with van der Waals surface area (Å²) in [5.74, 6) is 1.51. The largest absolute Gasteiger partial charge is 0.354 e. The van der Waals surface area contributed by atoms with Crippen LogP contribution in [-0.2, 0) is 10.0 Å². The highest BCUT2D eigenvalue weighted by Gasteiger charge is 2.30. The average molecular weight is 439 g/mol. The average Bonchev–Trinajstić information content (AvgIpc) is 3.28. The monoisotopic (exact) mass is 438 g/mol. The summed E-state index contributed by atoms with van der Waals surface area (Å²) in [5.41, 5.74) is 1.97. The van der Waals surface area contributed by atoms with Crippen LogP contribution in [0.1, 0.15) is 11.4 Å². The number of nitrogens with zero attached hydrogens (tertiary/aromatic N) is 6. The molecule has 1 fully saturated rings. The summed E-state index contributed by atoms with van der Waals surface area (Å²) >= 11 is 6.97. The molecule has 3 aromatic rings. The van der Waals surface area contributed by atoms with Gasteiger partial charge in [-0.3, -0.25) is 4.57 Å². The molecule has 0 amide bonds. The first-order valence-corrected chi connectivity index (χ1v) is 11.3. The Bertz CT molecular complexity index is 1100. The molecule has 1 saturated heterocycles. The zero-order chi connectivity index (χ0) is 19.9. The van der Waals surface area contributed by atoms with E-state index in [9.17, 15) is 8.42 Å². The van der Waals surface area contributed by atoms with Crippen molar-refractivity contribution in [3.8, 4) is 5.82 Å². The lowest BCUT2D eigenvalue weighted by atomic mass is 10.3. The highest BCUT2D eigenvalue weighted by atomic mass is 35.5. The lowest BCUT2D eigenvalue weighted by molar-refractivity contribution is 0.384. The van der Waals surface area contributed by atoms with Crippen LogP contribution < -0.4 is 4.90 Å². The van der Waals surface area contributed by atoms with Gasteiger partial charge in [0, 0.05) is 37.9 Å². The van der Waals surface area contributed by atoms with Gasteiger partial charge in [-0.25, -0.2) is 23.4 Å². The number of sulfonamides is 1. The Morgan fingerprint density at radius 3 is 2.36 bits per heavy atom. The van der Waals surface area contributed by atoms with Crippen molar-refractivity contribution in [2.45, 2.75) is 18.1 Å². The zero-order valence-electron chi connectivity index (χ0n) is 15.4. The molecule has 0 saturated carbocycles. The van der Waals surface area contributed by atoms with Gasteiger partial charge in [0.05, 0.1) is 10.0 Å². The van der Waals surface area contributed by atoms with Crippen molar-refractivity contribution in [1.29, 1.82) is 0 Å². The molecule has 4 heterocycles. The van der Waals surface area contributed by atoms with E-state index in [0.29, 0.717) is 30.5 Å². The number of rotatable bonds is 4. The molecule has 0 unspecified atom stereocenters. The molecule has 4 rings (SSSR count). The Hall–Kier alpha value is -2.01. The second kappa shape index (κ2) is 7.43. The number of aryl methyl sites for hydroxylation is 1. The molecular weight excluding hydrogens is 420 g/mol. The van der Waals surface area contributed by atoms with Crippen molar-refractivity contribution >= 4 is 38.8 Å². The van der Waals surface area contributed by atoms with Gasteiger partial charge in [-0.1, -0.05) is 11.6 Å². The fourth-order valence-electron chi connectivity index (χ4n) is 3.09. The van der Waals surface area contributed by atoms with Crippen LogP contribution >= 0.6 is 22.9 Å². The first kappa shape index (κ1) is 19.3. The number of thiophene rings is 1. The van der Waals surface area contributed by atoms with E-state index in [4.69, 9.17) is 11.6 Å². The second-order valence-corrected chi connectivity index (χ2v) is 10.3. The molecule has 0 spiro atoms. The summed E-state index contributed by atoms with van der Waals surface area (Å²) in [7, 11) is -3.51. The van der Waals surface area contributed by atoms with Gasteiger partial charge in [-0.15, -0.1) is 11.3 Å². The lowest BCUT2D eigenvalue weighted by Crippen LogP contribution is -2.48. The van der Waals surface area contributed by atoms with Crippen LogP contribution in [0.15, 0.2) is 35.1 Å². The molecule has 0 aromatic carbocycles. The van der Waals surface area contributed by atoms with Gasteiger partial charge in [0.1, 0.15) is 28.5 Å². The number of aromatic nitrogens is 4. The fraction of sp³-hybridized carbons (Fsp3) is 0.353. The van der Waals surface area contributed by atoms with Gasteiger partial charge in [0.15, 0.2) is 0 Å². The minimum atomic E-state index is -3.51. The van der Waals surface area contributed by atoms with Gasteiger partial charge in [0.25, 0.3) is 10.0 Å². The van der Waals surface area contributed by atoms with Gasteiger partial charge in [-0.2, -0.15) is 4.31 Å². The molecule has 0 aliphatic carbocycles. The maximum atomic E-state index is 12.7. The molecule has 0 N–H and O–H groups in total. The molecule has 0 atom stereocenters. The molecule has 28 heavy (non-hydrogen) atoms. The molecule has 3 aromatic heterocycles. The van der Waals surface area contributed by atoms with E-state index in [2.05, 4.69) is 19.9 Å². The van der Waals surface area contributed by atoms with Gasteiger partial charge in [-0.05, 0) is 26.0 Å². The van der Waals surface area contributed by atoms with Crippen LogP contribution in [-0.4, -0.2) is 58.4 Å². The quantitative estimate of drug-likeness (QED) is 0.622. The van der Waals surface area contributed by atoms with Crippen molar-refractivity contribution < 1.29 is 8.42 Å². The van der Waals surface area contributed by atoms with E-state index in [1.807, 2.05) is 24.5 Å². The van der Waals surface area contributed by atoms with E-state index < -0.39 is 10.0 Å². The predicted octanol–water partition coefficient (Wildman–Crippen LogP) is 2.50. The Balaban J connectivity index is 1.50. The lowest BCUT2D eigenvalue weighted by Gasteiger charge is -2.34. The van der Waals surface area contributed by atoms with Crippen LogP contribution in [0.4, 0.5) is 5.82 Å². The van der Waals surface area contributed by atoms with E-state index >= 15 is 0 Å². The highest BCUT2D eigenvalue weighted by molar-refractivity contribution is 7.91. The number of hydrogen-bond donors (Lipinski definition) is 0. The maximum Gasteiger partial charge on any atom is 0.252 e. The first-order valence-electron chi connectivity index (χ1n) is 8.69. The van der Waals surface area contributed by atoms with E-state index in [0.717, 1.165) is 34.4 Å². The maximum absolute atomic E-state index is 12.7. The number of piperazine rings is 1. The van der Waals surface area contributed by atoms with Crippen molar-refractivity contribution in [2.75, 3.05) is 31.1 Å². The van der Waals surface area contributed by atoms with Crippen molar-refractivity contribution in [3.63, 3.8) is 0 Å². The van der Waals surface area contributed by atoms with Crippen molar-refractivity contribution in [1.82, 2.24) is 23.8 Å². The van der Waals surface area contributed by atoms with E-state index in [1.54, 1.807) is 18.5 Å². The van der Waals surface area contributed by atoms with Crippen LogP contribution in [0.2, 0.25) is 4.34 Å². The second-order valence-electron chi connectivity index (χ2n) is 6.47. The first-order chi connectivity index (χ1) is 13.4. The van der Waals surface area contributed by atoms with Gasteiger partial charge < -0.3 is 4.90 Å². The summed E-state index contributed by atoms with van der Waals surface area (Å²) in [4.78, 5) is 15.1. The molecule has 8 nitrogen and oxygen atoms in total. The minimum absolute atomic E-state index is 0.279. The fourth-order valence-corrected chi connectivity index (χ4v) is 6.15. The summed E-state index contributed by atoms with van der Waals surface area (Å²) in [6.07, 6.45) is 3.27. The SMILES string of the molecule is Cc1ncn(-c2cc(N3CCN(S(=O)(=O)c4ccc(Cl)s4)CC3)ncn2)c1C. The summed E-state index contributed by atoms with van der Waals surface area (Å²) in [6, 6.07) is 5.07. The Morgan fingerprint density at radius 1 is 1.04 bits per heavy atom. The van der Waals surface area contributed by atoms with Gasteiger partial charge >= 0.3 is 0 Å². The normalized spacial score (nSPS) is 15.9. The predicted molar refractivity (Wildman–Crippen MR) is 109 cm³/mol. The number of hydrogen-bond acceptors (Lipinski definition) is 7. The third-order valence-electron chi connectivity index (χ3n) is 4.84. The van der Waals surface area contributed by atoms with Crippen molar-refractivity contribution in [2.24, 2.45) is 0 Å². The van der Waals surface area contributed by atoms with Gasteiger partial charge in [0.2, 0.25) is 0 Å². The third kappa shape index (κ3) is 3.52. The molecule has 1 aliphatic rings. The van der Waals surface area contributed by atoms with Crippen LogP contribution in [0.3, 0.4) is 0 Å². The molecule has 0 radical (unpaired) electrons. The smallest absolute Gasteiger partial charge is 0.252 e. The minimum Gasteiger partial charge on any atom is -0.354 e. The standard InChI is InChI=1S/C17H19ClN6O2S2/c1-12-13(2)24(11-21-12)16-9-15(19-10-20-16)22-5-7-23(8-6-22)28(25,26)17-4-3-14(18)27-17/h3-4,9-11H,5-8H2,1-2H3. The number of halogens is 1. The summed E-state index contributed by atoms with van der Waals surface area (Å²) < 4.78 is 29.7. The van der Waals surface area contributed by atoms with Crippen LogP contribution in [0.25, 0.3) is 5.82 Å². The Labute approximate surface area is 172 Å². The van der Waals surface area contributed by atoms with Crippen molar-refractivity contribution in [3.05, 3.63) is 46.6 Å². The topological polar surface area (TPSA) is 84.2 Å². The van der Waals surface area contributed by atoms with Crippen LogP contribution in [0, 0.1) is 13.8 Å². The zero-order valence-corrected chi connectivity index (χ0v) is 17.8. The van der Waals surface area contributed by atoms with E-state index in [-0.39, 0.29) is 4.21 Å².